The SMILES string of the molecule is C=CC(=O)N1CCN(C)C2(CCN(C(=O)N(C)[C@H](C(=O)N[C@H]3CN4CCC=C(C4)c4ccc5c(c4)c(c(-c4cccnc4[C@H](C)O)n5CC)CC(C)(C)COC(=O)[C@@H]4CCCN(N4)C3=O)C(C)C)CC2)C1. The first-order chi connectivity index (χ1) is 33.8. The number of piperidine rings is 1. The maximum atomic E-state index is 14.9. The van der Waals surface area contributed by atoms with Crippen molar-refractivity contribution in [2.45, 2.75) is 116 Å². The Labute approximate surface area is 419 Å². The van der Waals surface area contributed by atoms with Crippen LogP contribution >= 0.6 is 0 Å². The molecule has 3 saturated heterocycles. The number of cyclic esters (lactones) is 1. The summed E-state index contributed by atoms with van der Waals surface area (Å²) >= 11 is 0. The molecule has 1 aromatic carbocycles. The van der Waals surface area contributed by atoms with Gasteiger partial charge in [0, 0.05) is 106 Å². The van der Waals surface area contributed by atoms with E-state index in [4.69, 9.17) is 4.74 Å². The van der Waals surface area contributed by atoms with Crippen LogP contribution in [0, 0.1) is 11.3 Å². The Balaban J connectivity index is 1.08. The molecule has 0 saturated carbocycles. The van der Waals surface area contributed by atoms with Gasteiger partial charge in [-0.25, -0.2) is 10.2 Å². The van der Waals surface area contributed by atoms with Crippen LogP contribution in [0.3, 0.4) is 0 Å². The van der Waals surface area contributed by atoms with Crippen LogP contribution in [0.1, 0.15) is 96.6 Å². The zero-order chi connectivity index (χ0) is 50.9. The number of esters is 1. The maximum Gasteiger partial charge on any atom is 0.324 e. The van der Waals surface area contributed by atoms with Crippen molar-refractivity contribution in [3.05, 3.63) is 72.1 Å². The Morgan fingerprint density at radius 3 is 2.52 bits per heavy atom. The van der Waals surface area contributed by atoms with Gasteiger partial charge >= 0.3 is 12.0 Å². The van der Waals surface area contributed by atoms with Gasteiger partial charge in [0.05, 0.1) is 24.1 Å². The van der Waals surface area contributed by atoms with E-state index in [2.05, 4.69) is 88.8 Å². The lowest BCUT2D eigenvalue weighted by Crippen LogP contribution is -2.66. The summed E-state index contributed by atoms with van der Waals surface area (Å²) in [5, 5.41) is 16.6. The molecule has 3 fully saturated rings. The Hall–Kier alpha value is -5.62. The van der Waals surface area contributed by atoms with Crippen molar-refractivity contribution < 1.29 is 33.8 Å². The van der Waals surface area contributed by atoms with Crippen molar-refractivity contribution >= 4 is 46.2 Å². The summed E-state index contributed by atoms with van der Waals surface area (Å²) in [5.41, 5.74) is 9.14. The Morgan fingerprint density at radius 1 is 1.06 bits per heavy atom. The number of rotatable bonds is 8. The zero-order valence-electron chi connectivity index (χ0n) is 43.2. The van der Waals surface area contributed by atoms with Crippen molar-refractivity contribution in [2.75, 3.05) is 79.6 Å². The van der Waals surface area contributed by atoms with Gasteiger partial charge in [-0.05, 0) is 112 Å². The molecule has 3 aromatic rings. The molecule has 6 bridgehead atoms. The molecule has 384 valence electrons. The van der Waals surface area contributed by atoms with E-state index in [0.717, 1.165) is 51.8 Å². The van der Waals surface area contributed by atoms with Gasteiger partial charge in [0.25, 0.3) is 5.91 Å². The fourth-order valence-corrected chi connectivity index (χ4v) is 11.8. The second-order valence-electron chi connectivity index (χ2n) is 21.7. The molecule has 5 aliphatic heterocycles. The molecule has 2 aromatic heterocycles. The highest BCUT2D eigenvalue weighted by molar-refractivity contribution is 5.95. The number of aryl methyl sites for hydroxylation is 1. The van der Waals surface area contributed by atoms with Crippen molar-refractivity contribution in [3.63, 3.8) is 0 Å². The van der Waals surface area contributed by atoms with E-state index in [9.17, 15) is 29.1 Å². The predicted molar refractivity (Wildman–Crippen MR) is 273 cm³/mol. The number of aliphatic hydroxyl groups is 1. The molecule has 0 aliphatic carbocycles. The highest BCUT2D eigenvalue weighted by Crippen LogP contribution is 2.42. The van der Waals surface area contributed by atoms with Crippen molar-refractivity contribution in [2.24, 2.45) is 11.3 Å². The molecular weight excluding hydrogens is 901 g/mol. The lowest BCUT2D eigenvalue weighted by molar-refractivity contribution is -0.155. The Kier molecular flexibility index (Phi) is 15.5. The number of nitrogens with one attached hydrogen (secondary N) is 2. The molecule has 0 radical (unpaired) electrons. The van der Waals surface area contributed by atoms with Crippen LogP contribution in [0.4, 0.5) is 4.79 Å². The van der Waals surface area contributed by atoms with Gasteiger partial charge in [0.2, 0.25) is 11.8 Å². The van der Waals surface area contributed by atoms with E-state index in [0.29, 0.717) is 90.2 Å². The monoisotopic (exact) mass is 977 g/mol. The number of likely N-dealkylation sites (tertiary alicyclic amines) is 1. The average Bonchev–Trinajstić information content (AvgIpc) is 3.66. The molecule has 8 rings (SSSR count). The van der Waals surface area contributed by atoms with Crippen LogP contribution in [0.15, 0.2) is 55.3 Å². The third-order valence-corrected chi connectivity index (χ3v) is 15.7. The van der Waals surface area contributed by atoms with E-state index in [1.54, 1.807) is 25.1 Å². The van der Waals surface area contributed by atoms with E-state index >= 15 is 0 Å². The third kappa shape index (κ3) is 10.6. The molecule has 17 nitrogen and oxygen atoms in total. The molecule has 71 heavy (non-hydrogen) atoms. The summed E-state index contributed by atoms with van der Waals surface area (Å²) in [6.45, 7) is 20.9. The molecule has 5 amide bonds. The van der Waals surface area contributed by atoms with Gasteiger partial charge in [-0.1, -0.05) is 46.4 Å². The smallest absolute Gasteiger partial charge is 0.324 e. The number of benzene rings is 1. The molecule has 5 aliphatic rings. The highest BCUT2D eigenvalue weighted by Gasteiger charge is 2.45. The van der Waals surface area contributed by atoms with E-state index in [-0.39, 0.29) is 42.5 Å². The Bertz CT molecular complexity index is 2540. The molecule has 3 N–H and O–H groups in total. The predicted octanol–water partition coefficient (Wildman–Crippen LogP) is 4.84. The molecule has 7 heterocycles. The number of piperazine rings is 1. The zero-order valence-corrected chi connectivity index (χ0v) is 43.2. The molecule has 1 unspecified atom stereocenters. The second kappa shape index (κ2) is 21.2. The van der Waals surface area contributed by atoms with Crippen molar-refractivity contribution in [1.82, 2.24) is 49.8 Å². The van der Waals surface area contributed by atoms with Gasteiger partial charge < -0.3 is 34.4 Å². The van der Waals surface area contributed by atoms with Crippen LogP contribution in [0.5, 0.6) is 0 Å². The number of likely N-dealkylation sites (N-methyl/N-ethyl adjacent to an activating group) is 2. The number of amides is 5. The highest BCUT2D eigenvalue weighted by atomic mass is 16.5. The number of hydrogen-bond donors (Lipinski definition) is 3. The average molecular weight is 977 g/mol. The van der Waals surface area contributed by atoms with Gasteiger partial charge in [0.15, 0.2) is 0 Å². The maximum absolute atomic E-state index is 14.9. The fraction of sp³-hybridized carbons (Fsp3) is 0.593. The number of aliphatic hydroxyl groups excluding tert-OH is 1. The normalized spacial score (nSPS) is 23.9. The molecule has 1 spiro atoms. The van der Waals surface area contributed by atoms with Crippen LogP contribution in [-0.2, 0) is 36.9 Å². The van der Waals surface area contributed by atoms with E-state index in [1.807, 2.05) is 30.9 Å². The van der Waals surface area contributed by atoms with Crippen molar-refractivity contribution in [1.29, 1.82) is 0 Å². The van der Waals surface area contributed by atoms with Gasteiger partial charge in [0.1, 0.15) is 18.1 Å². The summed E-state index contributed by atoms with van der Waals surface area (Å²) in [7, 11) is 3.74. The molecule has 17 heteroatoms. The number of ether oxygens (including phenoxy) is 1. The first-order valence-corrected chi connectivity index (χ1v) is 25.7. The lowest BCUT2D eigenvalue weighted by Gasteiger charge is -2.53. The number of fused-ring (bicyclic) bond motifs is 6. The number of nitrogens with zero attached hydrogens (tertiary/aromatic N) is 8. The number of hydrogen-bond acceptors (Lipinski definition) is 11. The third-order valence-electron chi connectivity index (χ3n) is 15.7. The second-order valence-corrected chi connectivity index (χ2v) is 21.7. The first kappa shape index (κ1) is 51.7. The number of carbonyl (C=O) groups excluding carboxylic acids is 5. The number of pyridine rings is 1. The number of urea groups is 1. The summed E-state index contributed by atoms with van der Waals surface area (Å²) in [6.07, 6.45) is 8.21. The summed E-state index contributed by atoms with van der Waals surface area (Å²) in [4.78, 5) is 84.8. The van der Waals surface area contributed by atoms with Crippen molar-refractivity contribution in [3.8, 4) is 11.3 Å². The van der Waals surface area contributed by atoms with Crippen LogP contribution in [0.2, 0.25) is 0 Å². The van der Waals surface area contributed by atoms with Crippen LogP contribution in [0.25, 0.3) is 27.7 Å². The minimum atomic E-state index is -1.01. The van der Waals surface area contributed by atoms with Crippen LogP contribution in [-0.4, -0.2) is 177 Å². The standard InChI is InChI=1S/C54H76N10O7/c1-10-45(66)62-28-27-58(8)54(33-62)20-25-61(26-21-54)52(70)59(9)47(35(3)4)49(67)56-43-32-60-23-13-15-38(31-60)37-18-19-44-40(29-37)41(48(63(44)11-2)39-16-12-22-55-46(39)36(5)65)30-53(6,7)34-71-51(69)42-17-14-24-64(57-42)50(43)68/h10,12,15-16,18-19,22,29,35-36,42-43,47,57,65H,1,11,13-14,17,20-21,23-28,30-34H2,2-9H3,(H,56,67)/t36-,42-,43-,47-/m0/s1. The van der Waals surface area contributed by atoms with E-state index < -0.39 is 41.5 Å². The molecule has 5 atom stereocenters. The lowest BCUT2D eigenvalue weighted by atomic mass is 9.83. The minimum absolute atomic E-state index is 0.0861. The summed E-state index contributed by atoms with van der Waals surface area (Å²) < 4.78 is 8.42. The topological polar surface area (TPSA) is 176 Å². The van der Waals surface area contributed by atoms with Gasteiger partial charge in [-0.15, -0.1) is 0 Å². The van der Waals surface area contributed by atoms with Gasteiger partial charge in [-0.2, -0.15) is 0 Å². The van der Waals surface area contributed by atoms with Crippen LogP contribution < -0.4 is 10.7 Å². The molecular formula is C54H76N10O7. The fourth-order valence-electron chi connectivity index (χ4n) is 11.8. The Morgan fingerprint density at radius 2 is 1.82 bits per heavy atom. The largest absolute Gasteiger partial charge is 0.464 e. The number of hydrazine groups is 1. The number of aromatic nitrogens is 2. The summed E-state index contributed by atoms with van der Waals surface area (Å²) in [6, 6.07) is 7.54. The number of carbonyl (C=O) groups is 5. The van der Waals surface area contributed by atoms with Gasteiger partial charge in [-0.3, -0.25) is 39.0 Å². The quantitative estimate of drug-likeness (QED) is 0.208. The minimum Gasteiger partial charge on any atom is -0.464 e. The van der Waals surface area contributed by atoms with E-state index in [1.165, 1.54) is 16.0 Å². The summed E-state index contributed by atoms with van der Waals surface area (Å²) in [5.74, 6) is -1.63. The first-order valence-electron chi connectivity index (χ1n) is 25.7.